The van der Waals surface area contributed by atoms with Crippen LogP contribution in [0, 0.1) is 0 Å². The molecule has 0 aliphatic heterocycles. The maximum atomic E-state index is 10.9. The van der Waals surface area contributed by atoms with Crippen molar-refractivity contribution >= 4 is 5.78 Å². The molecule has 0 spiro atoms. The van der Waals surface area contributed by atoms with Gasteiger partial charge in [0, 0.05) is 27.3 Å². The third-order valence-electron chi connectivity index (χ3n) is 1.67. The summed E-state index contributed by atoms with van der Waals surface area (Å²) < 4.78 is 9.88. The fraction of sp³-hybridized carbons (Fsp3) is 0.889. The summed E-state index contributed by atoms with van der Waals surface area (Å²) in [6.07, 6.45) is 0. The summed E-state index contributed by atoms with van der Waals surface area (Å²) in [6, 6.07) is 0. The van der Waals surface area contributed by atoms with Crippen LogP contribution < -0.4 is 0 Å². The van der Waals surface area contributed by atoms with Gasteiger partial charge < -0.3 is 9.47 Å². The average molecular weight is 189 g/mol. The molecule has 0 aromatic rings. The van der Waals surface area contributed by atoms with Crippen LogP contribution in [0.15, 0.2) is 0 Å². The van der Waals surface area contributed by atoms with Gasteiger partial charge in [0.2, 0.25) is 0 Å². The van der Waals surface area contributed by atoms with Gasteiger partial charge in [0.25, 0.3) is 0 Å². The Morgan fingerprint density at radius 1 is 1.15 bits per heavy atom. The van der Waals surface area contributed by atoms with Crippen LogP contribution in [0.5, 0.6) is 0 Å². The van der Waals surface area contributed by atoms with Crippen molar-refractivity contribution < 1.29 is 14.3 Å². The van der Waals surface area contributed by atoms with Crippen LogP contribution in [0.3, 0.4) is 0 Å². The minimum absolute atomic E-state index is 0.173. The van der Waals surface area contributed by atoms with E-state index in [1.807, 2.05) is 4.90 Å². The third-order valence-corrected chi connectivity index (χ3v) is 1.67. The topological polar surface area (TPSA) is 38.8 Å². The van der Waals surface area contributed by atoms with Gasteiger partial charge in [0.15, 0.2) is 0 Å². The maximum absolute atomic E-state index is 10.9. The summed E-state index contributed by atoms with van der Waals surface area (Å²) in [4.78, 5) is 12.9. The first kappa shape index (κ1) is 12.6. The highest BCUT2D eigenvalue weighted by Crippen LogP contribution is 1.89. The fourth-order valence-corrected chi connectivity index (χ4v) is 1.03. The molecule has 0 aromatic carbocycles. The molecule has 0 aromatic heterocycles. The van der Waals surface area contributed by atoms with Crippen LogP contribution in [-0.4, -0.2) is 57.8 Å². The lowest BCUT2D eigenvalue weighted by atomic mass is 10.4. The van der Waals surface area contributed by atoms with Crippen molar-refractivity contribution in [3.05, 3.63) is 0 Å². The van der Waals surface area contributed by atoms with Crippen molar-refractivity contribution in [1.82, 2.24) is 4.90 Å². The number of carbonyl (C=O) groups is 1. The third kappa shape index (κ3) is 7.90. The van der Waals surface area contributed by atoms with Crippen molar-refractivity contribution in [2.45, 2.75) is 6.92 Å². The molecule has 0 radical (unpaired) electrons. The molecule has 0 aliphatic carbocycles. The van der Waals surface area contributed by atoms with E-state index in [1.165, 1.54) is 0 Å². The number of hydrogen-bond acceptors (Lipinski definition) is 4. The zero-order valence-electron chi connectivity index (χ0n) is 8.71. The first-order chi connectivity index (χ1) is 6.20. The highest BCUT2D eigenvalue weighted by atomic mass is 16.5. The average Bonchev–Trinajstić information content (AvgIpc) is 2.09. The molecule has 0 N–H and O–H groups in total. The zero-order valence-corrected chi connectivity index (χ0v) is 8.71. The van der Waals surface area contributed by atoms with Crippen molar-refractivity contribution in [2.24, 2.45) is 0 Å². The molecule has 78 valence electrons. The smallest absolute Gasteiger partial charge is 0.143 e. The lowest BCUT2D eigenvalue weighted by molar-refractivity contribution is -0.118. The standard InChI is InChI=1S/C9H19NO3/c1-9(11)8-10(4-6-12-2)5-7-13-3/h4-8H2,1-3H3. The molecular formula is C9H19NO3. The molecule has 4 nitrogen and oxygen atoms in total. The van der Waals surface area contributed by atoms with Gasteiger partial charge in [-0.25, -0.2) is 0 Å². The van der Waals surface area contributed by atoms with E-state index in [1.54, 1.807) is 21.1 Å². The molecule has 0 heterocycles. The highest BCUT2D eigenvalue weighted by molar-refractivity contribution is 5.77. The molecule has 13 heavy (non-hydrogen) atoms. The summed E-state index contributed by atoms with van der Waals surface area (Å²) in [7, 11) is 3.31. The summed E-state index contributed by atoms with van der Waals surface area (Å²) in [5, 5.41) is 0. The van der Waals surface area contributed by atoms with Crippen LogP contribution >= 0.6 is 0 Å². The number of carbonyl (C=O) groups excluding carboxylic acids is 1. The molecule has 0 saturated heterocycles. The normalized spacial score (nSPS) is 10.8. The monoisotopic (exact) mass is 189 g/mol. The fourth-order valence-electron chi connectivity index (χ4n) is 1.03. The lowest BCUT2D eigenvalue weighted by Gasteiger charge is -2.19. The van der Waals surface area contributed by atoms with E-state index < -0.39 is 0 Å². The van der Waals surface area contributed by atoms with Crippen molar-refractivity contribution in [3.8, 4) is 0 Å². The molecule has 0 unspecified atom stereocenters. The molecular weight excluding hydrogens is 170 g/mol. The van der Waals surface area contributed by atoms with Gasteiger partial charge in [0.1, 0.15) is 5.78 Å². The number of nitrogens with zero attached hydrogens (tertiary/aromatic N) is 1. The number of Topliss-reactive ketones (excluding diaryl/α,β-unsaturated/α-hetero) is 1. The Labute approximate surface area is 79.8 Å². The molecule has 0 fully saturated rings. The summed E-state index contributed by atoms with van der Waals surface area (Å²) in [5.41, 5.74) is 0. The summed E-state index contributed by atoms with van der Waals surface area (Å²) in [5.74, 6) is 0.173. The Balaban J connectivity index is 3.66. The highest BCUT2D eigenvalue weighted by Gasteiger charge is 2.06. The van der Waals surface area contributed by atoms with Crippen LogP contribution in [0.4, 0.5) is 0 Å². The Hall–Kier alpha value is -0.450. The second-order valence-electron chi connectivity index (χ2n) is 2.96. The number of ether oxygens (including phenoxy) is 2. The predicted octanol–water partition coefficient (Wildman–Crippen LogP) is 0.170. The second-order valence-corrected chi connectivity index (χ2v) is 2.96. The number of methoxy groups -OCH3 is 2. The largest absolute Gasteiger partial charge is 0.383 e. The van der Waals surface area contributed by atoms with Crippen LogP contribution in [-0.2, 0) is 14.3 Å². The molecule has 0 saturated carbocycles. The van der Waals surface area contributed by atoms with Gasteiger partial charge in [-0.2, -0.15) is 0 Å². The molecule has 0 amide bonds. The van der Waals surface area contributed by atoms with E-state index >= 15 is 0 Å². The summed E-state index contributed by atoms with van der Waals surface area (Å²) >= 11 is 0. The minimum Gasteiger partial charge on any atom is -0.383 e. The van der Waals surface area contributed by atoms with Gasteiger partial charge >= 0.3 is 0 Å². The Kier molecular flexibility index (Phi) is 7.88. The van der Waals surface area contributed by atoms with Crippen molar-refractivity contribution in [1.29, 1.82) is 0 Å². The minimum atomic E-state index is 0.173. The Morgan fingerprint density at radius 2 is 1.62 bits per heavy atom. The molecule has 4 heteroatoms. The quantitative estimate of drug-likeness (QED) is 0.545. The lowest BCUT2D eigenvalue weighted by Crippen LogP contribution is -2.34. The van der Waals surface area contributed by atoms with E-state index in [0.29, 0.717) is 19.8 Å². The number of rotatable bonds is 8. The summed E-state index contributed by atoms with van der Waals surface area (Å²) in [6.45, 7) is 4.92. The van der Waals surface area contributed by atoms with E-state index in [-0.39, 0.29) is 5.78 Å². The molecule has 0 bridgehead atoms. The van der Waals surface area contributed by atoms with Crippen LogP contribution in [0.25, 0.3) is 0 Å². The number of ketones is 1. The van der Waals surface area contributed by atoms with E-state index in [4.69, 9.17) is 9.47 Å². The van der Waals surface area contributed by atoms with Gasteiger partial charge in [0.05, 0.1) is 19.8 Å². The zero-order chi connectivity index (χ0) is 10.1. The van der Waals surface area contributed by atoms with Gasteiger partial charge in [-0.3, -0.25) is 9.69 Å². The van der Waals surface area contributed by atoms with Crippen LogP contribution in [0.1, 0.15) is 6.92 Å². The first-order valence-electron chi connectivity index (χ1n) is 4.40. The predicted molar refractivity (Wildman–Crippen MR) is 50.9 cm³/mol. The first-order valence-corrected chi connectivity index (χ1v) is 4.40. The van der Waals surface area contributed by atoms with Gasteiger partial charge in [-0.1, -0.05) is 0 Å². The second kappa shape index (κ2) is 8.16. The molecule has 0 rings (SSSR count). The maximum Gasteiger partial charge on any atom is 0.143 e. The van der Waals surface area contributed by atoms with Crippen molar-refractivity contribution in [2.75, 3.05) is 47.1 Å². The van der Waals surface area contributed by atoms with E-state index in [0.717, 1.165) is 13.1 Å². The van der Waals surface area contributed by atoms with E-state index in [9.17, 15) is 4.79 Å². The molecule has 0 atom stereocenters. The van der Waals surface area contributed by atoms with Crippen molar-refractivity contribution in [3.63, 3.8) is 0 Å². The Morgan fingerprint density at radius 3 is 1.92 bits per heavy atom. The van der Waals surface area contributed by atoms with Gasteiger partial charge in [-0.15, -0.1) is 0 Å². The number of hydrogen-bond donors (Lipinski definition) is 0. The van der Waals surface area contributed by atoms with Gasteiger partial charge in [-0.05, 0) is 6.92 Å². The van der Waals surface area contributed by atoms with Crippen LogP contribution in [0.2, 0.25) is 0 Å². The molecule has 0 aliphatic rings. The Bertz CT molecular complexity index is 131. The SMILES string of the molecule is COCCN(CCOC)CC(C)=O. The van der Waals surface area contributed by atoms with E-state index in [2.05, 4.69) is 0 Å².